The van der Waals surface area contributed by atoms with Gasteiger partial charge in [-0.1, -0.05) is 42.5 Å². The van der Waals surface area contributed by atoms with Crippen LogP contribution in [0.25, 0.3) is 6.08 Å². The molecule has 6 rings (SSSR count). The molecule has 0 amide bonds. The molecule has 0 saturated heterocycles. The zero-order chi connectivity index (χ0) is 16.1. The maximum Gasteiger partial charge on any atom is 0.330 e. The van der Waals surface area contributed by atoms with Crippen molar-refractivity contribution < 1.29 is 9.53 Å². The fourth-order valence-electron chi connectivity index (χ4n) is 2.97. The van der Waals surface area contributed by atoms with Gasteiger partial charge in [-0.15, -0.1) is 0 Å². The topological polar surface area (TPSA) is 26.3 Å². The number of carbonyl (C=O) groups excluding carboxylic acids is 1. The lowest BCUT2D eigenvalue weighted by molar-refractivity contribution is -0.137. The highest BCUT2D eigenvalue weighted by Gasteiger charge is 2.07. The van der Waals surface area contributed by atoms with Crippen LogP contribution >= 0.6 is 0 Å². The van der Waals surface area contributed by atoms with Crippen molar-refractivity contribution in [1.29, 1.82) is 0 Å². The number of esters is 1. The summed E-state index contributed by atoms with van der Waals surface area (Å²) in [5, 5.41) is 0. The standard InChI is InChI=1S/C21H22O2/c1-2-23-21(22)14-13-20-15-18-8-7-16-3-5-17(6-4-16)9-11-19(20)12-10-18/h3-6,10,12-15H,2,7-9,11H2,1H3/b14-13+. The molecule has 23 heavy (non-hydrogen) atoms. The number of carbonyl (C=O) groups is 1. The Balaban J connectivity index is 1.88. The molecule has 4 aliphatic rings. The van der Waals surface area contributed by atoms with Crippen LogP contribution in [0, 0.1) is 0 Å². The summed E-state index contributed by atoms with van der Waals surface area (Å²) >= 11 is 0. The number of hydrogen-bond acceptors (Lipinski definition) is 2. The van der Waals surface area contributed by atoms with Crippen molar-refractivity contribution in [3.05, 3.63) is 76.4 Å². The molecule has 0 N–H and O–H groups in total. The first-order valence-electron chi connectivity index (χ1n) is 8.29. The lowest BCUT2D eigenvalue weighted by atomic mass is 9.93. The third kappa shape index (κ3) is 4.10. The zero-order valence-corrected chi connectivity index (χ0v) is 13.5. The molecular formula is C21H22O2. The predicted octanol–water partition coefficient (Wildman–Crippen LogP) is 4.15. The average Bonchev–Trinajstić information content (AvgIpc) is 2.56. The van der Waals surface area contributed by atoms with Crippen LogP contribution < -0.4 is 0 Å². The highest BCUT2D eigenvalue weighted by atomic mass is 16.5. The molecule has 0 heterocycles. The number of benzene rings is 2. The summed E-state index contributed by atoms with van der Waals surface area (Å²) in [5.41, 5.74) is 6.45. The first-order valence-corrected chi connectivity index (χ1v) is 8.29. The van der Waals surface area contributed by atoms with Crippen LogP contribution in [0.5, 0.6) is 0 Å². The molecule has 0 aliphatic heterocycles. The van der Waals surface area contributed by atoms with Gasteiger partial charge in [0.1, 0.15) is 0 Å². The third-order valence-corrected chi connectivity index (χ3v) is 4.30. The smallest absolute Gasteiger partial charge is 0.330 e. The molecule has 2 aromatic carbocycles. The molecule has 0 saturated carbocycles. The van der Waals surface area contributed by atoms with Gasteiger partial charge < -0.3 is 4.74 Å². The minimum absolute atomic E-state index is 0.278. The number of rotatable bonds is 3. The Bertz CT molecular complexity index is 711. The fourth-order valence-corrected chi connectivity index (χ4v) is 2.97. The SMILES string of the molecule is CCOC(=O)/C=C/c1cc2ccc1CCc1ccc(cc1)CC2. The van der Waals surface area contributed by atoms with Crippen LogP contribution in [-0.2, 0) is 35.2 Å². The largest absolute Gasteiger partial charge is 0.463 e. The Hall–Kier alpha value is -2.35. The molecule has 0 fully saturated rings. The van der Waals surface area contributed by atoms with Crippen molar-refractivity contribution in [2.24, 2.45) is 0 Å². The van der Waals surface area contributed by atoms with Crippen LogP contribution in [-0.4, -0.2) is 12.6 Å². The maximum absolute atomic E-state index is 11.6. The Kier molecular flexibility index (Phi) is 4.92. The number of hydrogen-bond donors (Lipinski definition) is 0. The highest BCUT2D eigenvalue weighted by Crippen LogP contribution is 2.20. The number of aryl methyl sites for hydroxylation is 4. The van der Waals surface area contributed by atoms with Gasteiger partial charge in [-0.3, -0.25) is 0 Å². The molecule has 0 atom stereocenters. The van der Waals surface area contributed by atoms with Crippen LogP contribution in [0.15, 0.2) is 48.5 Å². The summed E-state index contributed by atoms with van der Waals surface area (Å²) in [7, 11) is 0. The van der Waals surface area contributed by atoms with Crippen molar-refractivity contribution >= 4 is 12.0 Å². The van der Waals surface area contributed by atoms with E-state index in [-0.39, 0.29) is 5.97 Å². The van der Waals surface area contributed by atoms with E-state index < -0.39 is 0 Å². The molecule has 0 aromatic heterocycles. The van der Waals surface area contributed by atoms with Gasteiger partial charge in [0.05, 0.1) is 6.61 Å². The molecule has 118 valence electrons. The fraction of sp³-hybridized carbons (Fsp3) is 0.286. The molecule has 4 aliphatic carbocycles. The molecule has 0 radical (unpaired) electrons. The average molecular weight is 306 g/mol. The minimum Gasteiger partial charge on any atom is -0.463 e. The Morgan fingerprint density at radius 1 is 0.957 bits per heavy atom. The van der Waals surface area contributed by atoms with Crippen molar-refractivity contribution in [3.63, 3.8) is 0 Å². The van der Waals surface area contributed by atoms with Gasteiger partial charge in [0.25, 0.3) is 0 Å². The minimum atomic E-state index is -0.278. The second-order valence-electron chi connectivity index (χ2n) is 5.94. The van der Waals surface area contributed by atoms with Crippen LogP contribution in [0.2, 0.25) is 0 Å². The van der Waals surface area contributed by atoms with E-state index in [1.54, 1.807) is 0 Å². The first-order chi connectivity index (χ1) is 11.2. The molecular weight excluding hydrogens is 284 g/mol. The molecule has 2 aromatic rings. The quantitative estimate of drug-likeness (QED) is 0.629. The molecule has 0 spiro atoms. The van der Waals surface area contributed by atoms with E-state index in [2.05, 4.69) is 42.5 Å². The van der Waals surface area contributed by atoms with Gasteiger partial charge >= 0.3 is 5.97 Å². The van der Waals surface area contributed by atoms with Gasteiger partial charge in [-0.2, -0.15) is 0 Å². The summed E-state index contributed by atoms with van der Waals surface area (Å²) in [5.74, 6) is -0.278. The summed E-state index contributed by atoms with van der Waals surface area (Å²) in [6, 6.07) is 15.6. The highest BCUT2D eigenvalue weighted by molar-refractivity contribution is 5.87. The Labute approximate surface area is 137 Å². The second kappa shape index (κ2) is 7.28. The van der Waals surface area contributed by atoms with E-state index in [1.807, 2.05) is 13.0 Å². The monoisotopic (exact) mass is 306 g/mol. The van der Waals surface area contributed by atoms with Crippen LogP contribution in [0.3, 0.4) is 0 Å². The van der Waals surface area contributed by atoms with Gasteiger partial charge in [0.2, 0.25) is 0 Å². The maximum atomic E-state index is 11.6. The normalized spacial score (nSPS) is 13.8. The van der Waals surface area contributed by atoms with E-state index in [0.717, 1.165) is 31.2 Å². The lowest BCUT2D eigenvalue weighted by Crippen LogP contribution is -2.01. The molecule has 2 nitrogen and oxygen atoms in total. The van der Waals surface area contributed by atoms with E-state index in [9.17, 15) is 4.79 Å². The van der Waals surface area contributed by atoms with Gasteiger partial charge in [-0.25, -0.2) is 4.79 Å². The van der Waals surface area contributed by atoms with E-state index >= 15 is 0 Å². The van der Waals surface area contributed by atoms with Crippen LogP contribution in [0.1, 0.15) is 34.7 Å². The van der Waals surface area contributed by atoms with Crippen molar-refractivity contribution in [2.75, 3.05) is 6.61 Å². The van der Waals surface area contributed by atoms with Crippen molar-refractivity contribution in [2.45, 2.75) is 32.6 Å². The van der Waals surface area contributed by atoms with E-state index in [1.165, 1.54) is 28.3 Å². The predicted molar refractivity (Wildman–Crippen MR) is 93.4 cm³/mol. The third-order valence-electron chi connectivity index (χ3n) is 4.30. The van der Waals surface area contributed by atoms with E-state index in [0.29, 0.717) is 6.61 Å². The van der Waals surface area contributed by atoms with Crippen molar-refractivity contribution in [1.82, 2.24) is 0 Å². The lowest BCUT2D eigenvalue weighted by Gasteiger charge is -2.12. The van der Waals surface area contributed by atoms with Gasteiger partial charge in [0.15, 0.2) is 0 Å². The Morgan fingerprint density at radius 2 is 1.57 bits per heavy atom. The van der Waals surface area contributed by atoms with Crippen molar-refractivity contribution in [3.8, 4) is 0 Å². The van der Waals surface area contributed by atoms with Gasteiger partial charge in [0, 0.05) is 6.08 Å². The van der Waals surface area contributed by atoms with E-state index in [4.69, 9.17) is 4.74 Å². The second-order valence-corrected chi connectivity index (χ2v) is 5.94. The Morgan fingerprint density at radius 3 is 2.26 bits per heavy atom. The molecule has 0 unspecified atom stereocenters. The molecule has 2 heteroatoms. The summed E-state index contributed by atoms with van der Waals surface area (Å²) < 4.78 is 4.98. The first kappa shape index (κ1) is 15.5. The zero-order valence-electron chi connectivity index (χ0n) is 13.5. The summed E-state index contributed by atoms with van der Waals surface area (Å²) in [6.07, 6.45) is 7.47. The number of ether oxygens (including phenoxy) is 1. The van der Waals surface area contributed by atoms with Gasteiger partial charge in [-0.05, 0) is 66.5 Å². The summed E-state index contributed by atoms with van der Waals surface area (Å²) in [6.45, 7) is 2.23. The van der Waals surface area contributed by atoms with Crippen LogP contribution in [0.4, 0.5) is 0 Å². The summed E-state index contributed by atoms with van der Waals surface area (Å²) in [4.78, 5) is 11.6. The molecule has 4 bridgehead atoms.